The molecule has 7 nitrogen and oxygen atoms in total. The first kappa shape index (κ1) is 15.7. The molecule has 4 atom stereocenters. The molecular weight excluding hydrogens is 346 g/mol. The van der Waals surface area contributed by atoms with Crippen molar-refractivity contribution in [2.24, 2.45) is 11.8 Å². The predicted molar refractivity (Wildman–Crippen MR) is 95.5 cm³/mol. The minimum Gasteiger partial charge on any atom is -0.619 e. The maximum atomic E-state index is 13.2. The van der Waals surface area contributed by atoms with Gasteiger partial charge >= 0.3 is 0 Å². The van der Waals surface area contributed by atoms with Gasteiger partial charge in [-0.2, -0.15) is 4.73 Å². The van der Waals surface area contributed by atoms with Crippen LogP contribution in [0.1, 0.15) is 0 Å². The maximum Gasteiger partial charge on any atom is 0.240 e. The molecular formula is C20H15N3O4. The number of benzene rings is 1. The fraction of sp³-hybridized carbons (Fsp3) is 0.200. The molecule has 4 heterocycles. The molecule has 0 radical (unpaired) electrons. The van der Waals surface area contributed by atoms with Crippen molar-refractivity contribution in [3.63, 3.8) is 0 Å². The summed E-state index contributed by atoms with van der Waals surface area (Å²) in [4.78, 5) is 42.0. The van der Waals surface area contributed by atoms with E-state index < -0.39 is 23.9 Å². The number of aromatic nitrogens is 1. The molecule has 27 heavy (non-hydrogen) atoms. The number of hydrogen-bond donors (Lipinski definition) is 0. The second-order valence-corrected chi connectivity index (χ2v) is 6.92. The summed E-state index contributed by atoms with van der Waals surface area (Å²) in [5.74, 6) is -2.19. The molecule has 1 aromatic carbocycles. The monoisotopic (exact) mass is 361 g/mol. The molecule has 2 saturated heterocycles. The quantitative estimate of drug-likeness (QED) is 0.449. The molecule has 3 aliphatic rings. The van der Waals surface area contributed by atoms with Crippen molar-refractivity contribution in [3.8, 4) is 0 Å². The lowest BCUT2D eigenvalue weighted by atomic mass is 9.90. The zero-order valence-corrected chi connectivity index (χ0v) is 14.1. The second kappa shape index (κ2) is 5.51. The summed E-state index contributed by atoms with van der Waals surface area (Å²) < 4.78 is 0.654. The van der Waals surface area contributed by atoms with Crippen LogP contribution in [0.5, 0.6) is 0 Å². The topological polar surface area (TPSA) is 84.6 Å². The molecule has 0 saturated carbocycles. The molecule has 2 amide bonds. The van der Waals surface area contributed by atoms with Gasteiger partial charge in [-0.25, -0.2) is 4.90 Å². The number of ketones is 1. The zero-order chi connectivity index (χ0) is 18.7. The van der Waals surface area contributed by atoms with Gasteiger partial charge in [0, 0.05) is 17.8 Å². The Balaban J connectivity index is 1.59. The SMILES string of the molecule is O=C1C=CC2C3C(=O)N(c4ccccc4)C(=O)C3C1N2c1cc[n+]([O-])cc1. The van der Waals surface area contributed by atoms with E-state index in [1.54, 1.807) is 47.4 Å². The van der Waals surface area contributed by atoms with Crippen LogP contribution < -0.4 is 14.5 Å². The number of hydrogen-bond acceptors (Lipinski definition) is 5. The summed E-state index contributed by atoms with van der Waals surface area (Å²) in [5, 5.41) is 11.3. The number of para-hydroxylation sites is 1. The Morgan fingerprint density at radius 1 is 0.852 bits per heavy atom. The minimum absolute atomic E-state index is 0.200. The summed E-state index contributed by atoms with van der Waals surface area (Å²) in [6.45, 7) is 0. The van der Waals surface area contributed by atoms with Crippen molar-refractivity contribution in [2.75, 3.05) is 9.80 Å². The normalized spacial score (nSPS) is 28.8. The van der Waals surface area contributed by atoms with Gasteiger partial charge in [0.25, 0.3) is 0 Å². The van der Waals surface area contributed by atoms with E-state index in [0.717, 1.165) is 0 Å². The van der Waals surface area contributed by atoms with Gasteiger partial charge in [0.1, 0.15) is 6.04 Å². The number of carbonyl (C=O) groups excluding carboxylic acids is 3. The number of anilines is 2. The Kier molecular flexibility index (Phi) is 3.21. The third-order valence-corrected chi connectivity index (χ3v) is 5.57. The minimum atomic E-state index is -0.738. The van der Waals surface area contributed by atoms with Gasteiger partial charge in [0.05, 0.1) is 23.6 Å². The Bertz CT molecular complexity index is 986. The highest BCUT2D eigenvalue weighted by Gasteiger charge is 2.64. The summed E-state index contributed by atoms with van der Waals surface area (Å²) in [7, 11) is 0. The van der Waals surface area contributed by atoms with Gasteiger partial charge in [0.2, 0.25) is 11.8 Å². The highest BCUT2D eigenvalue weighted by Crippen LogP contribution is 2.48. The van der Waals surface area contributed by atoms with Crippen molar-refractivity contribution >= 4 is 29.0 Å². The lowest BCUT2D eigenvalue weighted by Gasteiger charge is -2.34. The van der Waals surface area contributed by atoms with Crippen LogP contribution in [0.3, 0.4) is 0 Å². The van der Waals surface area contributed by atoms with E-state index in [9.17, 15) is 19.6 Å². The lowest BCUT2D eigenvalue weighted by Crippen LogP contribution is -2.49. The van der Waals surface area contributed by atoms with Crippen LogP contribution in [0.15, 0.2) is 67.0 Å². The molecule has 0 spiro atoms. The van der Waals surface area contributed by atoms with E-state index in [0.29, 0.717) is 16.1 Å². The average Bonchev–Trinajstić information content (AvgIpc) is 3.09. The number of carbonyl (C=O) groups is 3. The summed E-state index contributed by atoms with van der Waals surface area (Å²) in [5.41, 5.74) is 1.17. The van der Waals surface area contributed by atoms with E-state index in [1.807, 2.05) is 6.07 Å². The zero-order valence-electron chi connectivity index (χ0n) is 14.1. The Morgan fingerprint density at radius 3 is 2.22 bits per heavy atom. The predicted octanol–water partition coefficient (Wildman–Crippen LogP) is 0.822. The third kappa shape index (κ3) is 2.08. The number of amides is 2. The molecule has 4 unspecified atom stereocenters. The van der Waals surface area contributed by atoms with Crippen molar-refractivity contribution in [1.82, 2.24) is 0 Å². The molecule has 0 N–H and O–H groups in total. The molecule has 2 aromatic rings. The van der Waals surface area contributed by atoms with Crippen LogP contribution in [0.4, 0.5) is 11.4 Å². The number of fused-ring (bicyclic) bond motifs is 5. The van der Waals surface area contributed by atoms with Gasteiger partial charge in [-0.3, -0.25) is 14.4 Å². The maximum absolute atomic E-state index is 13.2. The highest BCUT2D eigenvalue weighted by molar-refractivity contribution is 6.25. The van der Waals surface area contributed by atoms with Crippen LogP contribution in [0, 0.1) is 17.0 Å². The third-order valence-electron chi connectivity index (χ3n) is 5.57. The molecule has 1 aromatic heterocycles. The lowest BCUT2D eigenvalue weighted by molar-refractivity contribution is -0.605. The van der Waals surface area contributed by atoms with E-state index in [1.165, 1.54) is 23.4 Å². The first-order valence-corrected chi connectivity index (χ1v) is 8.70. The van der Waals surface area contributed by atoms with Crippen LogP contribution >= 0.6 is 0 Å². The summed E-state index contributed by atoms with van der Waals surface area (Å²) in [6.07, 6.45) is 5.84. The molecule has 2 fully saturated rings. The Labute approximate surface area is 154 Å². The van der Waals surface area contributed by atoms with Crippen LogP contribution in [-0.4, -0.2) is 29.7 Å². The molecule has 0 aliphatic carbocycles. The molecule has 2 bridgehead atoms. The average molecular weight is 361 g/mol. The van der Waals surface area contributed by atoms with Gasteiger partial charge < -0.3 is 10.1 Å². The fourth-order valence-electron chi connectivity index (χ4n) is 4.50. The molecule has 7 heteroatoms. The number of pyridine rings is 1. The van der Waals surface area contributed by atoms with E-state index in [-0.39, 0.29) is 17.6 Å². The van der Waals surface area contributed by atoms with E-state index >= 15 is 0 Å². The second-order valence-electron chi connectivity index (χ2n) is 6.92. The van der Waals surface area contributed by atoms with Crippen molar-refractivity contribution in [2.45, 2.75) is 12.1 Å². The molecule has 3 aliphatic heterocycles. The van der Waals surface area contributed by atoms with Crippen molar-refractivity contribution in [1.29, 1.82) is 0 Å². The number of nitrogens with zero attached hydrogens (tertiary/aromatic N) is 3. The van der Waals surface area contributed by atoms with E-state index in [2.05, 4.69) is 0 Å². The first-order chi connectivity index (χ1) is 13.1. The van der Waals surface area contributed by atoms with E-state index in [4.69, 9.17) is 0 Å². The van der Waals surface area contributed by atoms with Gasteiger partial charge in [-0.15, -0.1) is 0 Å². The standard InChI is InChI=1S/C20H15N3O4/c24-15-7-6-14-16-17(18(15)22(14)13-8-10-21(27)11-9-13)20(26)23(19(16)25)12-4-2-1-3-5-12/h1-11,14,16-18H. The molecule has 134 valence electrons. The Morgan fingerprint density at radius 2 is 1.52 bits per heavy atom. The fourth-order valence-corrected chi connectivity index (χ4v) is 4.50. The number of rotatable bonds is 2. The van der Waals surface area contributed by atoms with Crippen LogP contribution in [-0.2, 0) is 14.4 Å². The highest BCUT2D eigenvalue weighted by atomic mass is 16.5. The summed E-state index contributed by atoms with van der Waals surface area (Å²) in [6, 6.07) is 10.8. The number of imide groups is 1. The molecule has 5 rings (SSSR count). The van der Waals surface area contributed by atoms with Gasteiger partial charge in [-0.1, -0.05) is 24.3 Å². The smallest absolute Gasteiger partial charge is 0.240 e. The van der Waals surface area contributed by atoms with Crippen molar-refractivity contribution in [3.05, 3.63) is 72.2 Å². The van der Waals surface area contributed by atoms with Gasteiger partial charge in [0.15, 0.2) is 18.2 Å². The van der Waals surface area contributed by atoms with Crippen LogP contribution in [0.25, 0.3) is 0 Å². The first-order valence-electron chi connectivity index (χ1n) is 8.70. The van der Waals surface area contributed by atoms with Crippen LogP contribution in [0.2, 0.25) is 0 Å². The summed E-state index contributed by atoms with van der Waals surface area (Å²) >= 11 is 0. The largest absolute Gasteiger partial charge is 0.619 e. The van der Waals surface area contributed by atoms with Gasteiger partial charge in [-0.05, 0) is 18.2 Å². The van der Waals surface area contributed by atoms with Crippen molar-refractivity contribution < 1.29 is 19.1 Å². The Hall–Kier alpha value is -3.48.